The largest absolute Gasteiger partial charge is 0.345 e. The number of aromatic nitrogens is 4. The number of aryl methyl sites for hydroxylation is 1. The van der Waals surface area contributed by atoms with E-state index in [1.807, 2.05) is 46.6 Å². The quantitative estimate of drug-likeness (QED) is 0.767. The molecule has 26 heavy (non-hydrogen) atoms. The van der Waals surface area contributed by atoms with Gasteiger partial charge in [-0.2, -0.15) is 0 Å². The van der Waals surface area contributed by atoms with Gasteiger partial charge in [0.2, 0.25) is 5.91 Å². The summed E-state index contributed by atoms with van der Waals surface area (Å²) in [4.78, 5) is 35.4. The number of amides is 2. The van der Waals surface area contributed by atoms with Crippen LogP contribution in [0.4, 0.5) is 0 Å². The molecular formula is C18H20N6O2. The SMILES string of the molecule is CN1C(=O)CC[C@@H](NC(=O)c2cn3ccccc3n2)[C@@H]1c1nccn1C. The molecule has 0 spiro atoms. The van der Waals surface area contributed by atoms with Gasteiger partial charge in [-0.15, -0.1) is 0 Å². The Hall–Kier alpha value is -3.16. The van der Waals surface area contributed by atoms with Crippen molar-refractivity contribution in [2.45, 2.75) is 24.9 Å². The molecule has 0 unspecified atom stereocenters. The first-order chi connectivity index (χ1) is 12.5. The van der Waals surface area contributed by atoms with E-state index in [9.17, 15) is 9.59 Å². The first kappa shape index (κ1) is 16.3. The molecule has 1 N–H and O–H groups in total. The summed E-state index contributed by atoms with van der Waals surface area (Å²) in [5, 5.41) is 3.05. The van der Waals surface area contributed by atoms with Crippen molar-refractivity contribution in [1.82, 2.24) is 29.2 Å². The maximum atomic E-state index is 12.8. The second-order valence-electron chi connectivity index (χ2n) is 6.56. The molecule has 4 rings (SSSR count). The Balaban J connectivity index is 1.61. The number of fused-ring (bicyclic) bond motifs is 1. The second-order valence-corrected chi connectivity index (χ2v) is 6.56. The Bertz CT molecular complexity index is 942. The molecule has 134 valence electrons. The Morgan fingerprint density at radius 1 is 1.27 bits per heavy atom. The van der Waals surface area contributed by atoms with E-state index in [1.54, 1.807) is 24.3 Å². The fourth-order valence-corrected chi connectivity index (χ4v) is 3.49. The highest BCUT2D eigenvalue weighted by atomic mass is 16.2. The van der Waals surface area contributed by atoms with Gasteiger partial charge in [0.05, 0.1) is 6.04 Å². The minimum atomic E-state index is -0.308. The van der Waals surface area contributed by atoms with Crippen LogP contribution in [0.1, 0.15) is 35.2 Å². The number of likely N-dealkylation sites (tertiary alicyclic amines) is 1. The highest BCUT2D eigenvalue weighted by molar-refractivity contribution is 5.93. The molecule has 0 aliphatic carbocycles. The molecular weight excluding hydrogens is 332 g/mol. The Labute approximate surface area is 150 Å². The van der Waals surface area contributed by atoms with E-state index in [-0.39, 0.29) is 23.9 Å². The molecule has 2 atom stereocenters. The predicted molar refractivity (Wildman–Crippen MR) is 94.4 cm³/mol. The van der Waals surface area contributed by atoms with Crippen LogP contribution in [0.25, 0.3) is 5.65 Å². The van der Waals surface area contributed by atoms with E-state index < -0.39 is 0 Å². The van der Waals surface area contributed by atoms with Crippen molar-refractivity contribution in [2.75, 3.05) is 7.05 Å². The van der Waals surface area contributed by atoms with Crippen molar-refractivity contribution in [3.05, 3.63) is 54.5 Å². The highest BCUT2D eigenvalue weighted by Gasteiger charge is 2.38. The molecule has 1 aliphatic heterocycles. The lowest BCUT2D eigenvalue weighted by Crippen LogP contribution is -2.51. The van der Waals surface area contributed by atoms with E-state index in [1.165, 1.54) is 0 Å². The van der Waals surface area contributed by atoms with Gasteiger partial charge in [-0.25, -0.2) is 9.97 Å². The van der Waals surface area contributed by atoms with Gasteiger partial charge in [0, 0.05) is 45.3 Å². The van der Waals surface area contributed by atoms with Crippen molar-refractivity contribution in [2.24, 2.45) is 7.05 Å². The number of likely N-dealkylation sites (N-methyl/N-ethyl adjacent to an activating group) is 1. The lowest BCUT2D eigenvalue weighted by Gasteiger charge is -2.38. The molecule has 4 heterocycles. The number of pyridine rings is 1. The van der Waals surface area contributed by atoms with Crippen LogP contribution < -0.4 is 5.32 Å². The molecule has 2 amide bonds. The minimum Gasteiger partial charge on any atom is -0.345 e. The molecule has 1 fully saturated rings. The van der Waals surface area contributed by atoms with E-state index in [4.69, 9.17) is 0 Å². The summed E-state index contributed by atoms with van der Waals surface area (Å²) in [5.74, 6) is 0.553. The standard InChI is InChI=1S/C18H20N6O2/c1-22-10-8-19-17(22)16-12(6-7-15(25)23(16)2)21-18(26)13-11-24-9-4-3-5-14(24)20-13/h3-5,8-12,16H,6-7H2,1-2H3,(H,21,26)/t12-,16-/m1/s1. The Morgan fingerprint density at radius 2 is 2.12 bits per heavy atom. The third kappa shape index (κ3) is 2.73. The second kappa shape index (κ2) is 6.29. The molecule has 0 radical (unpaired) electrons. The highest BCUT2D eigenvalue weighted by Crippen LogP contribution is 2.29. The number of hydrogen-bond donors (Lipinski definition) is 1. The lowest BCUT2D eigenvalue weighted by molar-refractivity contribution is -0.136. The normalized spacial score (nSPS) is 20.5. The lowest BCUT2D eigenvalue weighted by atomic mass is 9.95. The van der Waals surface area contributed by atoms with Crippen LogP contribution in [0.2, 0.25) is 0 Å². The van der Waals surface area contributed by atoms with Gasteiger partial charge >= 0.3 is 0 Å². The van der Waals surface area contributed by atoms with Crippen LogP contribution >= 0.6 is 0 Å². The molecule has 8 heteroatoms. The fraction of sp³-hybridized carbons (Fsp3) is 0.333. The van der Waals surface area contributed by atoms with Gasteiger partial charge in [-0.1, -0.05) is 6.07 Å². The monoisotopic (exact) mass is 352 g/mol. The zero-order chi connectivity index (χ0) is 18.3. The minimum absolute atomic E-state index is 0.0521. The third-order valence-electron chi connectivity index (χ3n) is 4.90. The van der Waals surface area contributed by atoms with Gasteiger partial charge in [0.1, 0.15) is 23.2 Å². The summed E-state index contributed by atoms with van der Waals surface area (Å²) in [6.07, 6.45) is 8.06. The predicted octanol–water partition coefficient (Wildman–Crippen LogP) is 1.16. The van der Waals surface area contributed by atoms with E-state index >= 15 is 0 Å². The topological polar surface area (TPSA) is 84.5 Å². The number of carbonyl (C=O) groups excluding carboxylic acids is 2. The van der Waals surface area contributed by atoms with Gasteiger partial charge in [0.25, 0.3) is 5.91 Å². The zero-order valence-corrected chi connectivity index (χ0v) is 14.7. The van der Waals surface area contributed by atoms with E-state index in [0.717, 1.165) is 5.82 Å². The van der Waals surface area contributed by atoms with Crippen molar-refractivity contribution >= 4 is 17.5 Å². The Morgan fingerprint density at radius 3 is 2.85 bits per heavy atom. The summed E-state index contributed by atoms with van der Waals surface area (Å²) in [6, 6.07) is 5.08. The summed E-state index contributed by atoms with van der Waals surface area (Å²) >= 11 is 0. The first-order valence-corrected chi connectivity index (χ1v) is 8.52. The van der Waals surface area contributed by atoms with Crippen LogP contribution in [-0.4, -0.2) is 48.7 Å². The van der Waals surface area contributed by atoms with Crippen LogP contribution in [0, 0.1) is 0 Å². The summed E-state index contributed by atoms with van der Waals surface area (Å²) < 4.78 is 3.69. The first-order valence-electron chi connectivity index (χ1n) is 8.52. The van der Waals surface area contributed by atoms with Crippen LogP contribution in [0.5, 0.6) is 0 Å². The van der Waals surface area contributed by atoms with Gasteiger partial charge in [0.15, 0.2) is 0 Å². The van der Waals surface area contributed by atoms with Crippen molar-refractivity contribution < 1.29 is 9.59 Å². The van der Waals surface area contributed by atoms with E-state index in [0.29, 0.717) is 24.2 Å². The number of nitrogens with one attached hydrogen (secondary N) is 1. The van der Waals surface area contributed by atoms with Crippen LogP contribution in [-0.2, 0) is 11.8 Å². The molecule has 1 aliphatic rings. The van der Waals surface area contributed by atoms with Crippen molar-refractivity contribution in [1.29, 1.82) is 0 Å². The fourth-order valence-electron chi connectivity index (χ4n) is 3.49. The maximum absolute atomic E-state index is 12.8. The number of imidazole rings is 2. The summed E-state index contributed by atoms with van der Waals surface area (Å²) in [5.41, 5.74) is 1.07. The van der Waals surface area contributed by atoms with Crippen molar-refractivity contribution in [3.63, 3.8) is 0 Å². The van der Waals surface area contributed by atoms with Gasteiger partial charge < -0.3 is 19.2 Å². The molecule has 1 saturated heterocycles. The number of hydrogen-bond acceptors (Lipinski definition) is 4. The number of piperidine rings is 1. The molecule has 8 nitrogen and oxygen atoms in total. The van der Waals surface area contributed by atoms with Crippen LogP contribution in [0.15, 0.2) is 43.0 Å². The van der Waals surface area contributed by atoms with E-state index in [2.05, 4.69) is 15.3 Å². The zero-order valence-electron chi connectivity index (χ0n) is 14.7. The average Bonchev–Trinajstić information content (AvgIpc) is 3.24. The molecule has 0 aromatic carbocycles. The average molecular weight is 352 g/mol. The summed E-state index contributed by atoms with van der Waals surface area (Å²) in [6.45, 7) is 0. The van der Waals surface area contributed by atoms with Crippen LogP contribution in [0.3, 0.4) is 0 Å². The third-order valence-corrected chi connectivity index (χ3v) is 4.90. The number of carbonyl (C=O) groups is 2. The summed E-state index contributed by atoms with van der Waals surface area (Å²) in [7, 11) is 3.64. The molecule has 3 aromatic rings. The number of nitrogens with zero attached hydrogens (tertiary/aromatic N) is 5. The van der Waals surface area contributed by atoms with Crippen molar-refractivity contribution in [3.8, 4) is 0 Å². The number of rotatable bonds is 3. The van der Waals surface area contributed by atoms with Gasteiger partial charge in [-0.05, 0) is 18.6 Å². The molecule has 0 saturated carbocycles. The molecule has 0 bridgehead atoms. The molecule has 3 aromatic heterocycles. The van der Waals surface area contributed by atoms with Gasteiger partial charge in [-0.3, -0.25) is 9.59 Å². The Kier molecular flexibility index (Phi) is 3.95. The smallest absolute Gasteiger partial charge is 0.271 e. The maximum Gasteiger partial charge on any atom is 0.271 e.